The maximum absolute atomic E-state index is 12.5. The number of carboxylic acid groups (broad SMARTS) is 1. The summed E-state index contributed by atoms with van der Waals surface area (Å²) in [4.78, 5) is 36.8. The van der Waals surface area contributed by atoms with Crippen LogP contribution in [0.4, 0.5) is 5.69 Å². The van der Waals surface area contributed by atoms with Gasteiger partial charge in [-0.2, -0.15) is 0 Å². The molecule has 0 radical (unpaired) electrons. The van der Waals surface area contributed by atoms with Crippen LogP contribution in [0.5, 0.6) is 0 Å². The number of carboxylic acids is 1. The minimum absolute atomic E-state index is 0.143. The second-order valence-electron chi connectivity index (χ2n) is 5.13. The van der Waals surface area contributed by atoms with Crippen LogP contribution in [0.25, 0.3) is 0 Å². The lowest BCUT2D eigenvalue weighted by molar-refractivity contribution is -0.141. The smallest absolute Gasteiger partial charge is 0.304 e. The Bertz CT molecular complexity index is 540. The molecule has 3 atom stereocenters. The van der Waals surface area contributed by atoms with E-state index >= 15 is 0 Å². The standard InChI is InChI=1S/C15H17NO4/c1-9-14(10(2)17)12(8-13(18)19)15(20)16(9)11-6-4-3-5-7-11/h3-7,9,12,14H,8H2,1-2H3,(H,18,19). The summed E-state index contributed by atoms with van der Waals surface area (Å²) in [6, 6.07) is 8.70. The summed E-state index contributed by atoms with van der Waals surface area (Å²) in [6.07, 6.45) is -0.309. The minimum atomic E-state index is -1.06. The van der Waals surface area contributed by atoms with Crippen LogP contribution in [0.3, 0.4) is 0 Å². The molecule has 1 N–H and O–H groups in total. The number of para-hydroxylation sites is 1. The van der Waals surface area contributed by atoms with E-state index in [0.717, 1.165) is 0 Å². The molecular weight excluding hydrogens is 258 g/mol. The fourth-order valence-corrected chi connectivity index (χ4v) is 3.01. The zero-order chi connectivity index (χ0) is 14.9. The van der Waals surface area contributed by atoms with Crippen LogP contribution < -0.4 is 4.90 Å². The molecule has 0 bridgehead atoms. The Morgan fingerprint density at radius 1 is 1.25 bits per heavy atom. The highest BCUT2D eigenvalue weighted by Crippen LogP contribution is 2.37. The van der Waals surface area contributed by atoms with Crippen LogP contribution in [0, 0.1) is 11.8 Å². The average Bonchev–Trinajstić information content (AvgIpc) is 2.61. The van der Waals surface area contributed by atoms with Gasteiger partial charge in [0, 0.05) is 11.7 Å². The van der Waals surface area contributed by atoms with Crippen molar-refractivity contribution in [1.82, 2.24) is 0 Å². The second kappa shape index (κ2) is 5.45. The number of amides is 1. The number of benzene rings is 1. The Balaban J connectivity index is 2.39. The number of carbonyl (C=O) groups excluding carboxylic acids is 2. The van der Waals surface area contributed by atoms with Crippen LogP contribution in [-0.4, -0.2) is 28.8 Å². The van der Waals surface area contributed by atoms with Crippen molar-refractivity contribution >= 4 is 23.3 Å². The van der Waals surface area contributed by atoms with Crippen LogP contribution in [0.1, 0.15) is 20.3 Å². The monoisotopic (exact) mass is 275 g/mol. The van der Waals surface area contributed by atoms with Gasteiger partial charge >= 0.3 is 5.97 Å². The molecule has 1 aliphatic heterocycles. The van der Waals surface area contributed by atoms with Crippen molar-refractivity contribution in [3.63, 3.8) is 0 Å². The first kappa shape index (κ1) is 14.2. The molecule has 20 heavy (non-hydrogen) atoms. The van der Waals surface area contributed by atoms with E-state index in [4.69, 9.17) is 5.11 Å². The van der Waals surface area contributed by atoms with E-state index in [1.54, 1.807) is 24.0 Å². The Kier molecular flexibility index (Phi) is 3.88. The highest BCUT2D eigenvalue weighted by Gasteiger charge is 2.49. The van der Waals surface area contributed by atoms with Crippen molar-refractivity contribution in [3.8, 4) is 0 Å². The molecule has 2 rings (SSSR count). The molecule has 1 heterocycles. The van der Waals surface area contributed by atoms with Gasteiger partial charge in [-0.15, -0.1) is 0 Å². The molecule has 5 nitrogen and oxygen atoms in total. The lowest BCUT2D eigenvalue weighted by Crippen LogP contribution is -2.34. The third-order valence-electron chi connectivity index (χ3n) is 3.81. The number of rotatable bonds is 4. The summed E-state index contributed by atoms with van der Waals surface area (Å²) in [7, 11) is 0. The molecule has 3 unspecified atom stereocenters. The Morgan fingerprint density at radius 2 is 1.85 bits per heavy atom. The molecule has 0 aromatic heterocycles. The van der Waals surface area contributed by atoms with Gasteiger partial charge in [-0.05, 0) is 26.0 Å². The van der Waals surface area contributed by atoms with Gasteiger partial charge in [-0.25, -0.2) is 0 Å². The van der Waals surface area contributed by atoms with Crippen LogP contribution in [0.2, 0.25) is 0 Å². The van der Waals surface area contributed by atoms with Gasteiger partial charge < -0.3 is 10.0 Å². The van der Waals surface area contributed by atoms with Crippen LogP contribution in [-0.2, 0) is 14.4 Å². The van der Waals surface area contributed by atoms with Crippen molar-refractivity contribution in [3.05, 3.63) is 30.3 Å². The van der Waals surface area contributed by atoms with E-state index in [0.29, 0.717) is 5.69 Å². The van der Waals surface area contributed by atoms with E-state index in [1.165, 1.54) is 6.92 Å². The van der Waals surface area contributed by atoms with Gasteiger partial charge in [-0.1, -0.05) is 18.2 Å². The normalized spacial score (nSPS) is 25.8. The summed E-state index contributed by atoms with van der Waals surface area (Å²) in [5.74, 6) is -2.84. The Morgan fingerprint density at radius 3 is 2.35 bits per heavy atom. The first-order valence-electron chi connectivity index (χ1n) is 6.54. The summed E-state index contributed by atoms with van der Waals surface area (Å²) in [6.45, 7) is 3.20. The van der Waals surface area contributed by atoms with Gasteiger partial charge in [0.2, 0.25) is 5.91 Å². The number of Topliss-reactive ketones (excluding diaryl/α,β-unsaturated/α-hetero) is 1. The summed E-state index contributed by atoms with van der Waals surface area (Å²) in [5.41, 5.74) is 0.698. The van der Waals surface area contributed by atoms with Crippen molar-refractivity contribution in [2.45, 2.75) is 26.3 Å². The molecule has 1 saturated heterocycles. The molecule has 0 spiro atoms. The van der Waals surface area contributed by atoms with E-state index in [-0.39, 0.29) is 24.2 Å². The highest BCUT2D eigenvalue weighted by atomic mass is 16.4. The fourth-order valence-electron chi connectivity index (χ4n) is 3.01. The minimum Gasteiger partial charge on any atom is -0.481 e. The summed E-state index contributed by atoms with van der Waals surface area (Å²) in [5, 5.41) is 8.95. The molecule has 1 aromatic rings. The van der Waals surface area contributed by atoms with Crippen molar-refractivity contribution in [1.29, 1.82) is 0 Å². The van der Waals surface area contributed by atoms with Gasteiger partial charge in [0.25, 0.3) is 0 Å². The SMILES string of the molecule is CC(=O)C1C(CC(=O)O)C(=O)N(c2ccccc2)C1C. The predicted molar refractivity (Wildman–Crippen MR) is 73.3 cm³/mol. The number of hydrogen-bond acceptors (Lipinski definition) is 3. The zero-order valence-corrected chi connectivity index (χ0v) is 11.4. The first-order valence-corrected chi connectivity index (χ1v) is 6.54. The average molecular weight is 275 g/mol. The second-order valence-corrected chi connectivity index (χ2v) is 5.13. The van der Waals surface area contributed by atoms with Gasteiger partial charge in [0.05, 0.1) is 18.3 Å². The van der Waals surface area contributed by atoms with Crippen LogP contribution in [0.15, 0.2) is 30.3 Å². The Hall–Kier alpha value is -2.17. The number of aliphatic carboxylic acids is 1. The number of anilines is 1. The largest absolute Gasteiger partial charge is 0.481 e. The molecule has 5 heteroatoms. The molecule has 106 valence electrons. The molecule has 1 amide bonds. The van der Waals surface area contributed by atoms with Gasteiger partial charge in [-0.3, -0.25) is 14.4 Å². The Labute approximate surface area is 117 Å². The molecule has 0 saturated carbocycles. The molecule has 1 aliphatic rings. The number of ketones is 1. The lowest BCUT2D eigenvalue weighted by Gasteiger charge is -2.23. The van der Waals surface area contributed by atoms with Crippen molar-refractivity contribution < 1.29 is 19.5 Å². The van der Waals surface area contributed by atoms with E-state index in [9.17, 15) is 14.4 Å². The van der Waals surface area contributed by atoms with Crippen molar-refractivity contribution in [2.75, 3.05) is 4.90 Å². The maximum Gasteiger partial charge on any atom is 0.304 e. The highest BCUT2D eigenvalue weighted by molar-refractivity contribution is 6.04. The van der Waals surface area contributed by atoms with Gasteiger partial charge in [0.15, 0.2) is 0 Å². The first-order chi connectivity index (χ1) is 9.43. The maximum atomic E-state index is 12.5. The van der Waals surface area contributed by atoms with E-state index < -0.39 is 17.8 Å². The van der Waals surface area contributed by atoms with Gasteiger partial charge in [0.1, 0.15) is 5.78 Å². The van der Waals surface area contributed by atoms with E-state index in [2.05, 4.69) is 0 Å². The number of carbonyl (C=O) groups is 3. The van der Waals surface area contributed by atoms with Crippen molar-refractivity contribution in [2.24, 2.45) is 11.8 Å². The topological polar surface area (TPSA) is 74.7 Å². The predicted octanol–water partition coefficient (Wildman–Crippen LogP) is 1.72. The van der Waals surface area contributed by atoms with Crippen LogP contribution >= 0.6 is 0 Å². The molecule has 1 fully saturated rings. The van der Waals surface area contributed by atoms with E-state index in [1.807, 2.05) is 18.2 Å². The summed E-state index contributed by atoms with van der Waals surface area (Å²) >= 11 is 0. The third-order valence-corrected chi connectivity index (χ3v) is 3.81. The number of nitrogens with zero attached hydrogens (tertiary/aromatic N) is 1. The molecule has 1 aromatic carbocycles. The number of hydrogen-bond donors (Lipinski definition) is 1. The molecule has 0 aliphatic carbocycles. The fraction of sp³-hybridized carbons (Fsp3) is 0.400. The molecular formula is C15H17NO4. The zero-order valence-electron chi connectivity index (χ0n) is 11.4. The lowest BCUT2D eigenvalue weighted by atomic mass is 9.85. The summed E-state index contributed by atoms with van der Waals surface area (Å²) < 4.78 is 0. The quantitative estimate of drug-likeness (QED) is 0.907. The third kappa shape index (κ3) is 2.43.